The van der Waals surface area contributed by atoms with Gasteiger partial charge in [0.05, 0.1) is 11.8 Å². The Balaban J connectivity index is 1.75. The molecule has 3 rings (SSSR count). The van der Waals surface area contributed by atoms with Gasteiger partial charge in [-0.2, -0.15) is 0 Å². The van der Waals surface area contributed by atoms with E-state index in [4.69, 9.17) is 5.11 Å². The van der Waals surface area contributed by atoms with Gasteiger partial charge in [0, 0.05) is 12.6 Å². The number of aliphatic carboxylic acids is 1. The van der Waals surface area contributed by atoms with Crippen molar-refractivity contribution in [1.29, 1.82) is 0 Å². The molecular weight excluding hydrogens is 254 g/mol. The number of hydrogen-bond donors (Lipinski definition) is 1. The van der Waals surface area contributed by atoms with E-state index in [2.05, 4.69) is 6.07 Å². The number of likely N-dealkylation sites (tertiary alicyclic amines) is 1. The van der Waals surface area contributed by atoms with Crippen LogP contribution in [0.5, 0.6) is 0 Å². The smallest absolute Gasteiger partial charge is 0.308 e. The Morgan fingerprint density at radius 2 is 2.00 bits per heavy atom. The molecule has 1 saturated heterocycles. The van der Waals surface area contributed by atoms with Crippen molar-refractivity contribution >= 4 is 11.9 Å². The average molecular weight is 273 g/mol. The molecular formula is C16H19NO3. The highest BCUT2D eigenvalue weighted by molar-refractivity contribution is 5.87. The Hall–Kier alpha value is -1.84. The Morgan fingerprint density at radius 3 is 2.70 bits per heavy atom. The van der Waals surface area contributed by atoms with Gasteiger partial charge in [-0.1, -0.05) is 24.3 Å². The molecule has 1 aliphatic carbocycles. The summed E-state index contributed by atoms with van der Waals surface area (Å²) in [5.41, 5.74) is 2.35. The lowest BCUT2D eigenvalue weighted by atomic mass is 9.76. The maximum atomic E-state index is 12.7. The molecule has 1 aromatic rings. The number of fused-ring (bicyclic) bond motifs is 1. The van der Waals surface area contributed by atoms with E-state index in [1.807, 2.05) is 25.1 Å². The molecule has 1 amide bonds. The van der Waals surface area contributed by atoms with Gasteiger partial charge in [0.15, 0.2) is 0 Å². The molecule has 1 N–H and O–H groups in total. The van der Waals surface area contributed by atoms with Crippen LogP contribution in [0.3, 0.4) is 0 Å². The van der Waals surface area contributed by atoms with Gasteiger partial charge in [-0.05, 0) is 37.3 Å². The summed E-state index contributed by atoms with van der Waals surface area (Å²) >= 11 is 0. The first-order valence-electron chi connectivity index (χ1n) is 7.19. The summed E-state index contributed by atoms with van der Waals surface area (Å²) in [5, 5.41) is 9.15. The molecule has 0 aromatic heterocycles. The molecule has 3 atom stereocenters. The fraction of sp³-hybridized carbons (Fsp3) is 0.500. The molecule has 0 bridgehead atoms. The van der Waals surface area contributed by atoms with Gasteiger partial charge in [0.1, 0.15) is 0 Å². The average Bonchev–Trinajstić information content (AvgIpc) is 2.40. The zero-order valence-electron chi connectivity index (χ0n) is 11.6. The highest BCUT2D eigenvalue weighted by atomic mass is 16.4. The standard InChI is InChI=1S/C16H19NO3/c1-10-6-7-12(16(19)20)9-17(10)15(18)14-8-11-4-2-3-5-13(11)14/h2-5,10,12,14H,6-9H2,1H3,(H,19,20). The number of benzene rings is 1. The van der Waals surface area contributed by atoms with Crippen LogP contribution in [-0.4, -0.2) is 34.5 Å². The van der Waals surface area contributed by atoms with Crippen LogP contribution < -0.4 is 0 Å². The maximum absolute atomic E-state index is 12.7. The lowest BCUT2D eigenvalue weighted by Crippen LogP contribution is -2.50. The van der Waals surface area contributed by atoms with Crippen molar-refractivity contribution in [3.8, 4) is 0 Å². The maximum Gasteiger partial charge on any atom is 0.308 e. The van der Waals surface area contributed by atoms with E-state index in [1.54, 1.807) is 4.90 Å². The molecule has 1 aliphatic heterocycles. The minimum atomic E-state index is -0.788. The van der Waals surface area contributed by atoms with E-state index in [9.17, 15) is 9.59 Å². The van der Waals surface area contributed by atoms with E-state index in [0.717, 1.165) is 18.4 Å². The number of rotatable bonds is 2. The third-order valence-electron chi connectivity index (χ3n) is 4.67. The number of nitrogens with zero attached hydrogens (tertiary/aromatic N) is 1. The number of carboxylic acids is 1. The first-order valence-corrected chi connectivity index (χ1v) is 7.19. The highest BCUT2D eigenvalue weighted by Gasteiger charge is 2.39. The summed E-state index contributed by atoms with van der Waals surface area (Å²) in [4.78, 5) is 25.6. The molecule has 20 heavy (non-hydrogen) atoms. The number of hydrogen-bond acceptors (Lipinski definition) is 2. The number of carbonyl (C=O) groups excluding carboxylic acids is 1. The minimum Gasteiger partial charge on any atom is -0.481 e. The summed E-state index contributed by atoms with van der Waals surface area (Å²) in [5.74, 6) is -1.17. The number of carbonyl (C=O) groups is 2. The molecule has 106 valence electrons. The summed E-state index contributed by atoms with van der Waals surface area (Å²) in [6, 6.07) is 8.15. The van der Waals surface area contributed by atoms with Gasteiger partial charge >= 0.3 is 5.97 Å². The largest absolute Gasteiger partial charge is 0.481 e. The quantitative estimate of drug-likeness (QED) is 0.897. The number of piperidine rings is 1. The Morgan fingerprint density at radius 1 is 1.25 bits per heavy atom. The van der Waals surface area contributed by atoms with Crippen molar-refractivity contribution < 1.29 is 14.7 Å². The first-order chi connectivity index (χ1) is 9.58. The molecule has 0 saturated carbocycles. The first kappa shape index (κ1) is 13.2. The van der Waals surface area contributed by atoms with Crippen LogP contribution in [0.15, 0.2) is 24.3 Å². The summed E-state index contributed by atoms with van der Waals surface area (Å²) in [7, 11) is 0. The van der Waals surface area contributed by atoms with Crippen LogP contribution in [0.2, 0.25) is 0 Å². The van der Waals surface area contributed by atoms with Crippen molar-refractivity contribution in [2.45, 2.75) is 38.1 Å². The third kappa shape index (κ3) is 2.09. The second-order valence-corrected chi connectivity index (χ2v) is 5.91. The SMILES string of the molecule is CC1CCC(C(=O)O)CN1C(=O)C1Cc2ccccc21. The highest BCUT2D eigenvalue weighted by Crippen LogP contribution is 2.37. The zero-order valence-corrected chi connectivity index (χ0v) is 11.6. The van der Waals surface area contributed by atoms with E-state index in [-0.39, 0.29) is 17.9 Å². The fourth-order valence-corrected chi connectivity index (χ4v) is 3.29. The van der Waals surface area contributed by atoms with Crippen LogP contribution in [0.1, 0.15) is 36.8 Å². The summed E-state index contributed by atoms with van der Waals surface area (Å²) < 4.78 is 0. The predicted molar refractivity (Wildman–Crippen MR) is 74.4 cm³/mol. The van der Waals surface area contributed by atoms with Crippen LogP contribution in [-0.2, 0) is 16.0 Å². The topological polar surface area (TPSA) is 57.6 Å². The van der Waals surface area contributed by atoms with E-state index < -0.39 is 11.9 Å². The molecule has 3 unspecified atom stereocenters. The van der Waals surface area contributed by atoms with Gasteiger partial charge < -0.3 is 10.0 Å². The Kier molecular flexibility index (Phi) is 3.24. The minimum absolute atomic E-state index is 0.0683. The molecule has 1 heterocycles. The Labute approximate surface area is 118 Å². The second kappa shape index (κ2) is 4.93. The lowest BCUT2D eigenvalue weighted by molar-refractivity contribution is -0.147. The molecule has 2 aliphatic rings. The van der Waals surface area contributed by atoms with Crippen LogP contribution in [0.4, 0.5) is 0 Å². The number of carboxylic acid groups (broad SMARTS) is 1. The second-order valence-electron chi connectivity index (χ2n) is 5.91. The molecule has 0 spiro atoms. The van der Waals surface area contributed by atoms with Crippen molar-refractivity contribution in [2.24, 2.45) is 5.92 Å². The van der Waals surface area contributed by atoms with Crippen molar-refractivity contribution in [2.75, 3.05) is 6.54 Å². The van der Waals surface area contributed by atoms with Gasteiger partial charge in [-0.3, -0.25) is 9.59 Å². The summed E-state index contributed by atoms with van der Waals surface area (Å²) in [6.07, 6.45) is 2.23. The molecule has 4 heteroatoms. The molecule has 1 aromatic carbocycles. The van der Waals surface area contributed by atoms with Crippen molar-refractivity contribution in [3.63, 3.8) is 0 Å². The number of amides is 1. The summed E-state index contributed by atoms with van der Waals surface area (Å²) in [6.45, 7) is 2.37. The van der Waals surface area contributed by atoms with E-state index in [0.29, 0.717) is 13.0 Å². The van der Waals surface area contributed by atoms with Gasteiger partial charge in [-0.25, -0.2) is 0 Å². The van der Waals surface area contributed by atoms with E-state index >= 15 is 0 Å². The zero-order chi connectivity index (χ0) is 14.3. The van der Waals surface area contributed by atoms with Gasteiger partial charge in [0.2, 0.25) is 5.91 Å². The van der Waals surface area contributed by atoms with Gasteiger partial charge in [-0.15, -0.1) is 0 Å². The normalized spacial score (nSPS) is 28.4. The van der Waals surface area contributed by atoms with E-state index in [1.165, 1.54) is 5.56 Å². The predicted octanol–water partition coefficient (Wildman–Crippen LogP) is 2.04. The molecule has 0 radical (unpaired) electrons. The molecule has 1 fully saturated rings. The molecule has 4 nitrogen and oxygen atoms in total. The van der Waals surface area contributed by atoms with Crippen molar-refractivity contribution in [3.05, 3.63) is 35.4 Å². The van der Waals surface area contributed by atoms with Crippen LogP contribution in [0, 0.1) is 5.92 Å². The van der Waals surface area contributed by atoms with Crippen molar-refractivity contribution in [1.82, 2.24) is 4.90 Å². The monoisotopic (exact) mass is 273 g/mol. The lowest BCUT2D eigenvalue weighted by Gasteiger charge is -2.41. The third-order valence-corrected chi connectivity index (χ3v) is 4.67. The Bertz CT molecular complexity index is 554. The van der Waals surface area contributed by atoms with Crippen LogP contribution >= 0.6 is 0 Å². The van der Waals surface area contributed by atoms with Crippen LogP contribution in [0.25, 0.3) is 0 Å². The fourth-order valence-electron chi connectivity index (χ4n) is 3.29. The van der Waals surface area contributed by atoms with Gasteiger partial charge in [0.25, 0.3) is 0 Å².